The van der Waals surface area contributed by atoms with Gasteiger partial charge in [0.25, 0.3) is 0 Å². The van der Waals surface area contributed by atoms with Crippen LogP contribution in [-0.4, -0.2) is 45.4 Å². The first-order chi connectivity index (χ1) is 12.5. The van der Waals surface area contributed by atoms with Gasteiger partial charge in [0.2, 0.25) is 0 Å². The summed E-state index contributed by atoms with van der Waals surface area (Å²) in [5, 5.41) is 5.40. The molecule has 2 aliphatic rings. The van der Waals surface area contributed by atoms with Crippen LogP contribution < -0.4 is 15.5 Å². The zero-order valence-corrected chi connectivity index (χ0v) is 15.2. The average molecular weight is 359 g/mol. The molecule has 2 aliphatic heterocycles. The van der Waals surface area contributed by atoms with E-state index < -0.39 is 17.9 Å². The van der Waals surface area contributed by atoms with Crippen LogP contribution >= 0.6 is 0 Å². The number of hydrogen-bond donors (Lipinski definition) is 2. The number of nitrogens with zero attached hydrogens (tertiary/aromatic N) is 1. The van der Waals surface area contributed by atoms with Crippen molar-refractivity contribution in [3.05, 3.63) is 42.1 Å². The van der Waals surface area contributed by atoms with Crippen LogP contribution in [0.25, 0.3) is 0 Å². The molecule has 7 heteroatoms. The van der Waals surface area contributed by atoms with Gasteiger partial charge in [-0.3, -0.25) is 4.79 Å². The molecule has 0 aliphatic carbocycles. The molecule has 0 saturated carbocycles. The summed E-state index contributed by atoms with van der Waals surface area (Å²) in [5.74, 6) is -1.11. The lowest BCUT2D eigenvalue weighted by atomic mass is 9.89. The number of carbonyl (C=O) groups excluding carboxylic acids is 2. The zero-order chi connectivity index (χ0) is 18.7. The molecule has 3 atom stereocenters. The average Bonchev–Trinajstić information content (AvgIpc) is 3.12. The monoisotopic (exact) mass is 359 g/mol. The molecule has 140 valence electrons. The summed E-state index contributed by atoms with van der Waals surface area (Å²) in [6.45, 7) is 4.79. The van der Waals surface area contributed by atoms with E-state index in [9.17, 15) is 9.59 Å². The molecule has 0 aromatic heterocycles. The Kier molecular flexibility index (Phi) is 5.46. The van der Waals surface area contributed by atoms with Gasteiger partial charge in [0, 0.05) is 32.1 Å². The number of anilines is 1. The minimum Gasteiger partial charge on any atom is -0.462 e. The predicted octanol–water partition coefficient (Wildman–Crippen LogP) is 1.96. The fourth-order valence-electron chi connectivity index (χ4n) is 3.26. The highest BCUT2D eigenvalue weighted by Gasteiger charge is 2.39. The second-order valence-corrected chi connectivity index (χ2v) is 6.83. The number of esters is 1. The Morgan fingerprint density at radius 3 is 2.69 bits per heavy atom. The van der Waals surface area contributed by atoms with Crippen molar-refractivity contribution in [3.63, 3.8) is 0 Å². The first kappa shape index (κ1) is 18.3. The van der Waals surface area contributed by atoms with Crippen molar-refractivity contribution in [3.8, 4) is 0 Å². The van der Waals surface area contributed by atoms with E-state index in [0.717, 1.165) is 24.1 Å². The molecule has 26 heavy (non-hydrogen) atoms. The molecule has 0 spiro atoms. The number of hydrogen-bond acceptors (Lipinski definition) is 5. The fraction of sp³-hybridized carbons (Fsp3) is 0.474. The van der Waals surface area contributed by atoms with Gasteiger partial charge in [0.05, 0.1) is 12.1 Å². The Bertz CT molecular complexity index is 681. The second kappa shape index (κ2) is 7.78. The molecule has 7 nitrogen and oxygen atoms in total. The van der Waals surface area contributed by atoms with Gasteiger partial charge in [-0.1, -0.05) is 18.7 Å². The highest BCUT2D eigenvalue weighted by Crippen LogP contribution is 2.31. The van der Waals surface area contributed by atoms with Crippen molar-refractivity contribution < 1.29 is 19.1 Å². The van der Waals surface area contributed by atoms with Crippen LogP contribution in [0, 0.1) is 5.92 Å². The third kappa shape index (κ3) is 3.99. The molecular weight excluding hydrogens is 334 g/mol. The molecule has 1 aromatic rings. The van der Waals surface area contributed by atoms with Crippen molar-refractivity contribution in [2.75, 3.05) is 32.2 Å². The van der Waals surface area contributed by atoms with E-state index in [-0.39, 0.29) is 18.7 Å². The van der Waals surface area contributed by atoms with Crippen LogP contribution in [0.5, 0.6) is 0 Å². The normalized spacial score (nSPS) is 25.4. The quantitative estimate of drug-likeness (QED) is 0.786. The van der Waals surface area contributed by atoms with Crippen LogP contribution in [0.15, 0.2) is 36.5 Å². The number of rotatable bonds is 5. The van der Waals surface area contributed by atoms with Gasteiger partial charge < -0.3 is 25.0 Å². The largest absolute Gasteiger partial charge is 0.462 e. The van der Waals surface area contributed by atoms with Gasteiger partial charge in [0.1, 0.15) is 12.5 Å². The molecule has 3 unspecified atom stereocenters. The minimum absolute atomic E-state index is 0.0452. The van der Waals surface area contributed by atoms with Crippen LogP contribution in [0.3, 0.4) is 0 Å². The Morgan fingerprint density at radius 2 is 2.08 bits per heavy atom. The van der Waals surface area contributed by atoms with Crippen molar-refractivity contribution in [2.45, 2.75) is 25.0 Å². The third-order valence-corrected chi connectivity index (χ3v) is 4.73. The van der Waals surface area contributed by atoms with Crippen molar-refractivity contribution in [2.24, 2.45) is 5.92 Å². The number of nitrogens with one attached hydrogen (secondary N) is 2. The molecule has 2 amide bonds. The molecule has 2 fully saturated rings. The lowest BCUT2D eigenvalue weighted by molar-refractivity contribution is -0.151. The van der Waals surface area contributed by atoms with E-state index in [2.05, 4.69) is 17.2 Å². The van der Waals surface area contributed by atoms with Gasteiger partial charge in [-0.15, -0.1) is 0 Å². The van der Waals surface area contributed by atoms with E-state index in [0.29, 0.717) is 12.3 Å². The van der Waals surface area contributed by atoms with Crippen molar-refractivity contribution in [1.29, 1.82) is 0 Å². The Labute approximate surface area is 153 Å². The van der Waals surface area contributed by atoms with E-state index >= 15 is 0 Å². The maximum Gasteiger partial charge on any atom is 0.319 e. The van der Waals surface area contributed by atoms with E-state index in [1.807, 2.05) is 43.3 Å². The summed E-state index contributed by atoms with van der Waals surface area (Å²) in [4.78, 5) is 26.6. The van der Waals surface area contributed by atoms with Crippen molar-refractivity contribution >= 4 is 17.7 Å². The Morgan fingerprint density at radius 1 is 1.35 bits per heavy atom. The Hall–Kier alpha value is -2.54. The van der Waals surface area contributed by atoms with E-state index in [1.165, 1.54) is 0 Å². The SMILES string of the molecule is C=C1NC(=O)NC(c2ccc(N(C)C)cc2)C1C(=O)OCC1CCCO1. The lowest BCUT2D eigenvalue weighted by Gasteiger charge is -2.33. The van der Waals surface area contributed by atoms with Gasteiger partial charge in [-0.2, -0.15) is 0 Å². The summed E-state index contributed by atoms with van der Waals surface area (Å²) >= 11 is 0. The highest BCUT2D eigenvalue weighted by molar-refractivity contribution is 5.85. The maximum absolute atomic E-state index is 12.7. The molecule has 3 rings (SSSR count). The molecule has 2 N–H and O–H groups in total. The molecule has 2 saturated heterocycles. The molecular formula is C19H25N3O4. The number of carbonyl (C=O) groups is 2. The number of benzene rings is 1. The number of urea groups is 1. The summed E-state index contributed by atoms with van der Waals surface area (Å²) in [7, 11) is 3.91. The van der Waals surface area contributed by atoms with Crippen LogP contribution in [0.1, 0.15) is 24.4 Å². The smallest absolute Gasteiger partial charge is 0.319 e. The topological polar surface area (TPSA) is 79.9 Å². The minimum atomic E-state index is -0.695. The van der Waals surface area contributed by atoms with Crippen LogP contribution in [0.4, 0.5) is 10.5 Å². The molecule has 2 heterocycles. The number of ether oxygens (including phenoxy) is 2. The van der Waals surface area contributed by atoms with Crippen LogP contribution in [0.2, 0.25) is 0 Å². The first-order valence-electron chi connectivity index (χ1n) is 8.77. The summed E-state index contributed by atoms with van der Waals surface area (Å²) < 4.78 is 11.0. The summed E-state index contributed by atoms with van der Waals surface area (Å²) in [6, 6.07) is 6.80. The van der Waals surface area contributed by atoms with Gasteiger partial charge in [-0.05, 0) is 30.5 Å². The summed E-state index contributed by atoms with van der Waals surface area (Å²) in [5.41, 5.74) is 2.20. The summed E-state index contributed by atoms with van der Waals surface area (Å²) in [6.07, 6.45) is 1.83. The zero-order valence-electron chi connectivity index (χ0n) is 15.2. The second-order valence-electron chi connectivity index (χ2n) is 6.83. The highest BCUT2D eigenvalue weighted by atomic mass is 16.6. The van der Waals surface area contributed by atoms with Crippen molar-refractivity contribution in [1.82, 2.24) is 10.6 Å². The standard InChI is InChI=1S/C19H25N3O4/c1-12-16(18(23)26-11-15-5-4-10-25-15)17(21-19(24)20-12)13-6-8-14(9-7-13)22(2)3/h6-9,15-17H,1,4-5,10-11H2,2-3H3,(H2,20,21,24). The molecule has 1 aromatic carbocycles. The number of amides is 2. The van der Waals surface area contributed by atoms with Gasteiger partial charge >= 0.3 is 12.0 Å². The van der Waals surface area contributed by atoms with E-state index in [1.54, 1.807) is 0 Å². The lowest BCUT2D eigenvalue weighted by Crippen LogP contribution is -2.51. The van der Waals surface area contributed by atoms with Gasteiger partial charge in [0.15, 0.2) is 0 Å². The van der Waals surface area contributed by atoms with Crippen LogP contribution in [-0.2, 0) is 14.3 Å². The fourth-order valence-corrected chi connectivity index (χ4v) is 3.26. The molecule has 0 bridgehead atoms. The Balaban J connectivity index is 1.76. The molecule has 0 radical (unpaired) electrons. The third-order valence-electron chi connectivity index (χ3n) is 4.73. The van der Waals surface area contributed by atoms with Gasteiger partial charge in [-0.25, -0.2) is 4.79 Å². The maximum atomic E-state index is 12.7. The predicted molar refractivity (Wildman–Crippen MR) is 97.7 cm³/mol. The first-order valence-corrected chi connectivity index (χ1v) is 8.77. The van der Waals surface area contributed by atoms with E-state index in [4.69, 9.17) is 9.47 Å².